The van der Waals surface area contributed by atoms with Crippen molar-refractivity contribution in [2.75, 3.05) is 26.5 Å². The van der Waals surface area contributed by atoms with Crippen molar-refractivity contribution >= 4 is 40.7 Å². The lowest BCUT2D eigenvalue weighted by Crippen LogP contribution is -2.45. The molecular weight excluding hydrogens is 609 g/mol. The van der Waals surface area contributed by atoms with Gasteiger partial charge in [0.1, 0.15) is 22.8 Å². The summed E-state index contributed by atoms with van der Waals surface area (Å²) in [5.41, 5.74) is -1.57. The number of anilines is 1. The Labute approximate surface area is 266 Å². The second kappa shape index (κ2) is 12.7. The molecular formula is C33H34Cl2F2N4O3. The number of halogens is 4. The van der Waals surface area contributed by atoms with Gasteiger partial charge in [0.25, 0.3) is 5.91 Å². The zero-order valence-corrected chi connectivity index (χ0v) is 26.8. The Morgan fingerprint density at radius 1 is 1.11 bits per heavy atom. The van der Waals surface area contributed by atoms with Crippen molar-refractivity contribution in [2.24, 2.45) is 5.41 Å². The summed E-state index contributed by atoms with van der Waals surface area (Å²) < 4.78 is 37.4. The number of carbonyl (C=O) groups is 2. The van der Waals surface area contributed by atoms with Crippen LogP contribution in [0.15, 0.2) is 54.6 Å². The molecule has 0 radical (unpaired) electrons. The van der Waals surface area contributed by atoms with E-state index >= 15 is 8.78 Å². The van der Waals surface area contributed by atoms with E-state index in [-0.39, 0.29) is 43.9 Å². The maximum absolute atomic E-state index is 16.0. The molecule has 2 amide bonds. The monoisotopic (exact) mass is 642 g/mol. The minimum atomic E-state index is -1.75. The highest BCUT2D eigenvalue weighted by molar-refractivity contribution is 6.31. The zero-order valence-electron chi connectivity index (χ0n) is 25.3. The standard InChI is InChI=1S/C33H34Cl2F2N4O3/c1-32(2,3)16-26-33(17-38,21-12-11-19(34)15-23(21)36)27(20-8-7-9-22(35)28(20)37)29(41(26)5)31(43)40-24-13-10-18(30(42)39-4)14-25(24)44-6/h7-15,26-27,29H,16H2,1-6H3,(H,39,42)(H,40,43)/t26-,27-,29+,33-/m0/s1. The second-order valence-corrected chi connectivity index (χ2v) is 12.9. The summed E-state index contributed by atoms with van der Waals surface area (Å²) in [5, 5.41) is 16.4. The maximum Gasteiger partial charge on any atom is 0.251 e. The number of hydrogen-bond donors (Lipinski definition) is 2. The Morgan fingerprint density at radius 2 is 1.82 bits per heavy atom. The first kappa shape index (κ1) is 33.2. The van der Waals surface area contributed by atoms with E-state index in [9.17, 15) is 14.9 Å². The maximum atomic E-state index is 16.0. The molecule has 3 aromatic carbocycles. The lowest BCUT2D eigenvalue weighted by atomic mass is 9.62. The number of ether oxygens (including phenoxy) is 1. The Balaban J connectivity index is 1.98. The van der Waals surface area contributed by atoms with Crippen LogP contribution < -0.4 is 15.4 Å². The predicted molar refractivity (Wildman–Crippen MR) is 167 cm³/mol. The summed E-state index contributed by atoms with van der Waals surface area (Å²) in [5.74, 6) is -3.48. The number of methoxy groups -OCH3 is 1. The van der Waals surface area contributed by atoms with Crippen LogP contribution >= 0.6 is 23.2 Å². The highest BCUT2D eigenvalue weighted by Gasteiger charge is 2.63. The first-order valence-electron chi connectivity index (χ1n) is 13.9. The third-order valence-corrected chi connectivity index (χ3v) is 8.69. The topological polar surface area (TPSA) is 94.5 Å². The normalized spacial score (nSPS) is 21.9. The summed E-state index contributed by atoms with van der Waals surface area (Å²) in [4.78, 5) is 28.3. The van der Waals surface area contributed by atoms with Gasteiger partial charge >= 0.3 is 0 Å². The first-order chi connectivity index (χ1) is 20.7. The van der Waals surface area contributed by atoms with Crippen molar-refractivity contribution in [1.82, 2.24) is 10.2 Å². The molecule has 2 N–H and O–H groups in total. The quantitative estimate of drug-likeness (QED) is 0.291. The molecule has 1 fully saturated rings. The zero-order chi connectivity index (χ0) is 32.6. The van der Waals surface area contributed by atoms with E-state index in [0.717, 1.165) is 6.07 Å². The van der Waals surface area contributed by atoms with Crippen molar-refractivity contribution in [1.29, 1.82) is 5.26 Å². The Bertz CT molecular complexity index is 1640. The molecule has 11 heteroatoms. The average molecular weight is 644 g/mol. The van der Waals surface area contributed by atoms with E-state index in [4.69, 9.17) is 27.9 Å². The Morgan fingerprint density at radius 3 is 2.41 bits per heavy atom. The van der Waals surface area contributed by atoms with Crippen molar-refractivity contribution in [2.45, 2.75) is 50.6 Å². The molecule has 1 heterocycles. The molecule has 0 aliphatic carbocycles. The molecule has 0 bridgehead atoms. The summed E-state index contributed by atoms with van der Waals surface area (Å²) >= 11 is 12.4. The number of carbonyl (C=O) groups excluding carboxylic acids is 2. The number of nitrogens with zero attached hydrogens (tertiary/aromatic N) is 2. The molecule has 0 unspecified atom stereocenters. The van der Waals surface area contributed by atoms with Crippen LogP contribution in [0.4, 0.5) is 14.5 Å². The molecule has 4 atom stereocenters. The van der Waals surface area contributed by atoms with Crippen molar-refractivity contribution in [3.05, 3.63) is 93.0 Å². The lowest BCUT2D eigenvalue weighted by molar-refractivity contribution is -0.120. The highest BCUT2D eigenvalue weighted by Crippen LogP contribution is 2.56. The van der Waals surface area contributed by atoms with E-state index < -0.39 is 41.0 Å². The fourth-order valence-electron chi connectivity index (χ4n) is 6.27. The number of benzene rings is 3. The van der Waals surface area contributed by atoms with Crippen LogP contribution in [-0.2, 0) is 10.2 Å². The summed E-state index contributed by atoms with van der Waals surface area (Å²) in [6.07, 6.45) is 0.353. The van der Waals surface area contributed by atoms with Gasteiger partial charge in [-0.1, -0.05) is 62.2 Å². The molecule has 1 aliphatic heterocycles. The summed E-state index contributed by atoms with van der Waals surface area (Å²) in [7, 11) is 4.57. The molecule has 0 aromatic heterocycles. The van der Waals surface area contributed by atoms with Gasteiger partial charge in [-0.15, -0.1) is 0 Å². The van der Waals surface area contributed by atoms with Gasteiger partial charge in [0.15, 0.2) is 0 Å². The van der Waals surface area contributed by atoms with Gasteiger partial charge in [-0.25, -0.2) is 8.78 Å². The van der Waals surface area contributed by atoms with Gasteiger partial charge in [0.05, 0.1) is 29.9 Å². The molecule has 44 heavy (non-hydrogen) atoms. The Kier molecular flexibility index (Phi) is 9.60. The van der Waals surface area contributed by atoms with E-state index in [1.165, 1.54) is 62.7 Å². The third-order valence-electron chi connectivity index (χ3n) is 8.16. The smallest absolute Gasteiger partial charge is 0.251 e. The largest absolute Gasteiger partial charge is 0.495 e. The van der Waals surface area contributed by atoms with Gasteiger partial charge in [0.2, 0.25) is 5.91 Å². The van der Waals surface area contributed by atoms with Gasteiger partial charge < -0.3 is 15.4 Å². The molecule has 7 nitrogen and oxygen atoms in total. The van der Waals surface area contributed by atoms with Gasteiger partial charge in [-0.05, 0) is 60.8 Å². The predicted octanol–water partition coefficient (Wildman–Crippen LogP) is 6.94. The minimum absolute atomic E-state index is 0.00117. The number of likely N-dealkylation sites (N-methyl/N-ethyl adjacent to an activating group) is 1. The summed E-state index contributed by atoms with van der Waals surface area (Å²) in [6.45, 7) is 5.92. The van der Waals surface area contributed by atoms with Gasteiger partial charge in [-0.3, -0.25) is 14.5 Å². The lowest BCUT2D eigenvalue weighted by Gasteiger charge is -2.38. The van der Waals surface area contributed by atoms with Crippen molar-refractivity contribution in [3.63, 3.8) is 0 Å². The van der Waals surface area contributed by atoms with Crippen LogP contribution in [0.5, 0.6) is 5.75 Å². The van der Waals surface area contributed by atoms with E-state index in [1.807, 2.05) is 20.8 Å². The molecule has 232 valence electrons. The van der Waals surface area contributed by atoms with E-state index in [1.54, 1.807) is 11.9 Å². The molecule has 0 spiro atoms. The van der Waals surface area contributed by atoms with Crippen LogP contribution in [0.1, 0.15) is 54.6 Å². The average Bonchev–Trinajstić information content (AvgIpc) is 3.20. The molecule has 1 aliphatic rings. The highest BCUT2D eigenvalue weighted by atomic mass is 35.5. The SMILES string of the molecule is CNC(=O)c1ccc(NC(=O)[C@H]2[C@H](c3cccc(Cl)c3F)[C@@](C#N)(c3ccc(Cl)cc3F)[C@H](CC(C)(C)C)N2C)c(OC)c1. The van der Waals surface area contributed by atoms with Gasteiger partial charge in [0, 0.05) is 35.2 Å². The number of likely N-dealkylation sites (tertiary alicyclic amines) is 1. The van der Waals surface area contributed by atoms with Crippen molar-refractivity contribution < 1.29 is 23.1 Å². The molecule has 0 saturated carbocycles. The number of rotatable bonds is 7. The minimum Gasteiger partial charge on any atom is -0.495 e. The fourth-order valence-corrected chi connectivity index (χ4v) is 6.61. The molecule has 3 aromatic rings. The third kappa shape index (κ3) is 5.99. The number of amides is 2. The van der Waals surface area contributed by atoms with Crippen LogP contribution in [0.3, 0.4) is 0 Å². The van der Waals surface area contributed by atoms with Crippen LogP contribution in [-0.4, -0.2) is 50.0 Å². The number of hydrogen-bond acceptors (Lipinski definition) is 5. The van der Waals surface area contributed by atoms with Crippen molar-refractivity contribution in [3.8, 4) is 11.8 Å². The number of nitrogens with one attached hydrogen (secondary N) is 2. The van der Waals surface area contributed by atoms with Crippen LogP contribution in [0.2, 0.25) is 10.0 Å². The van der Waals surface area contributed by atoms with Gasteiger partial charge in [-0.2, -0.15) is 5.26 Å². The Hall–Kier alpha value is -3.71. The summed E-state index contributed by atoms with van der Waals surface area (Å²) in [6, 6.07) is 13.4. The van der Waals surface area contributed by atoms with E-state index in [2.05, 4.69) is 16.7 Å². The first-order valence-corrected chi connectivity index (χ1v) is 14.7. The fraction of sp³-hybridized carbons (Fsp3) is 0.364. The number of nitriles is 1. The van der Waals surface area contributed by atoms with Crippen LogP contribution in [0, 0.1) is 28.4 Å². The van der Waals surface area contributed by atoms with Crippen LogP contribution in [0.25, 0.3) is 0 Å². The second-order valence-electron chi connectivity index (χ2n) is 12.1. The molecule has 1 saturated heterocycles. The van der Waals surface area contributed by atoms with E-state index in [0.29, 0.717) is 12.0 Å². The molecule has 4 rings (SSSR count).